The molecule has 2 amide bonds. The van der Waals surface area contributed by atoms with Crippen LogP contribution in [0, 0.1) is 5.82 Å². The van der Waals surface area contributed by atoms with Crippen LogP contribution in [-0.2, 0) is 28.3 Å². The molecule has 1 saturated carbocycles. The first kappa shape index (κ1) is 29.4. The van der Waals surface area contributed by atoms with Crippen molar-refractivity contribution in [2.45, 2.75) is 62.9 Å². The smallest absolute Gasteiger partial charge is 0.243 e. The fourth-order valence-electron chi connectivity index (χ4n) is 4.88. The fraction of sp³-hybridized carbons (Fsp3) is 0.355. The van der Waals surface area contributed by atoms with E-state index >= 15 is 0 Å². The van der Waals surface area contributed by atoms with Crippen LogP contribution in [0.2, 0.25) is 10.0 Å². The summed E-state index contributed by atoms with van der Waals surface area (Å²) in [6.45, 7) is 0.00836. The number of carbonyl (C=O) groups excluding carboxylic acids is 2. The van der Waals surface area contributed by atoms with Gasteiger partial charge < -0.3 is 10.2 Å². The second-order valence-corrected chi connectivity index (χ2v) is 11.7. The average molecular weight is 588 g/mol. The van der Waals surface area contributed by atoms with E-state index in [9.17, 15) is 14.0 Å². The Morgan fingerprint density at radius 1 is 0.923 bits per heavy atom. The van der Waals surface area contributed by atoms with Gasteiger partial charge >= 0.3 is 0 Å². The van der Waals surface area contributed by atoms with Crippen molar-refractivity contribution in [2.24, 2.45) is 0 Å². The zero-order chi connectivity index (χ0) is 27.6. The SMILES string of the molecule is O=C(NC1CCCCC1)C(Cc1ccccc1)N(Cc1ccccc1F)C(=O)CSCc1ccc(Cl)c(Cl)c1. The summed E-state index contributed by atoms with van der Waals surface area (Å²) < 4.78 is 14.8. The second-order valence-electron chi connectivity index (χ2n) is 9.90. The number of hydrogen-bond acceptors (Lipinski definition) is 3. The first-order valence-electron chi connectivity index (χ1n) is 13.3. The minimum Gasteiger partial charge on any atom is -0.352 e. The van der Waals surface area contributed by atoms with Crippen molar-refractivity contribution in [1.82, 2.24) is 10.2 Å². The van der Waals surface area contributed by atoms with Gasteiger partial charge in [0.25, 0.3) is 0 Å². The van der Waals surface area contributed by atoms with E-state index in [2.05, 4.69) is 5.32 Å². The van der Waals surface area contributed by atoms with Crippen molar-refractivity contribution in [3.05, 3.63) is 105 Å². The normalized spacial score (nSPS) is 14.5. The lowest BCUT2D eigenvalue weighted by Crippen LogP contribution is -2.53. The van der Waals surface area contributed by atoms with Gasteiger partial charge in [-0.2, -0.15) is 0 Å². The predicted molar refractivity (Wildman–Crippen MR) is 159 cm³/mol. The molecule has 0 radical (unpaired) electrons. The molecule has 1 N–H and O–H groups in total. The molecule has 1 aliphatic rings. The molecule has 1 atom stereocenters. The second kappa shape index (κ2) is 14.7. The van der Waals surface area contributed by atoms with Crippen molar-refractivity contribution in [1.29, 1.82) is 0 Å². The van der Waals surface area contributed by atoms with Gasteiger partial charge in [-0.3, -0.25) is 9.59 Å². The Kier molecular flexibility index (Phi) is 11.1. The van der Waals surface area contributed by atoms with Gasteiger partial charge in [-0.25, -0.2) is 4.39 Å². The molecule has 206 valence electrons. The average Bonchev–Trinajstić information content (AvgIpc) is 2.94. The minimum atomic E-state index is -0.771. The molecule has 0 heterocycles. The summed E-state index contributed by atoms with van der Waals surface area (Å²) in [6, 6.07) is 20.8. The van der Waals surface area contributed by atoms with E-state index in [0.29, 0.717) is 27.8 Å². The Hall–Kier alpha value is -2.54. The van der Waals surface area contributed by atoms with Crippen LogP contribution < -0.4 is 5.32 Å². The lowest BCUT2D eigenvalue weighted by molar-refractivity contribution is -0.139. The molecular formula is C31H33Cl2FN2O2S. The van der Waals surface area contributed by atoms with E-state index in [0.717, 1.165) is 36.8 Å². The number of amides is 2. The summed E-state index contributed by atoms with van der Waals surface area (Å²) in [5.74, 6) is -0.123. The predicted octanol–water partition coefficient (Wildman–Crippen LogP) is 7.45. The number of benzene rings is 3. The minimum absolute atomic E-state index is 0.00836. The summed E-state index contributed by atoms with van der Waals surface area (Å²) in [5, 5.41) is 4.15. The van der Waals surface area contributed by atoms with Gasteiger partial charge in [-0.1, -0.05) is 97.1 Å². The molecule has 0 aliphatic heterocycles. The number of hydrogen-bond donors (Lipinski definition) is 1. The summed E-state index contributed by atoms with van der Waals surface area (Å²) in [5.41, 5.74) is 2.26. The van der Waals surface area contributed by atoms with Gasteiger partial charge in [0.2, 0.25) is 11.8 Å². The Labute approximate surface area is 244 Å². The number of nitrogens with one attached hydrogen (secondary N) is 1. The first-order valence-corrected chi connectivity index (χ1v) is 15.2. The summed E-state index contributed by atoms with van der Waals surface area (Å²) >= 11 is 13.6. The molecule has 8 heteroatoms. The molecule has 0 saturated heterocycles. The molecule has 1 aliphatic carbocycles. The van der Waals surface area contributed by atoms with Gasteiger partial charge in [-0.05, 0) is 42.2 Å². The number of rotatable bonds is 11. The van der Waals surface area contributed by atoms with Crippen LogP contribution in [0.1, 0.15) is 48.8 Å². The van der Waals surface area contributed by atoms with Crippen LogP contribution in [0.3, 0.4) is 0 Å². The highest BCUT2D eigenvalue weighted by Gasteiger charge is 2.32. The van der Waals surface area contributed by atoms with E-state index in [1.165, 1.54) is 24.2 Å². The summed E-state index contributed by atoms with van der Waals surface area (Å²) in [7, 11) is 0. The molecule has 3 aromatic rings. The molecule has 1 fully saturated rings. The number of thioether (sulfide) groups is 1. The van der Waals surface area contributed by atoms with Crippen LogP contribution in [0.5, 0.6) is 0 Å². The molecular weight excluding hydrogens is 554 g/mol. The van der Waals surface area contributed by atoms with E-state index in [4.69, 9.17) is 23.2 Å². The van der Waals surface area contributed by atoms with Gasteiger partial charge in [0.05, 0.1) is 15.8 Å². The number of carbonyl (C=O) groups is 2. The molecule has 4 nitrogen and oxygen atoms in total. The monoisotopic (exact) mass is 586 g/mol. The Bertz CT molecular complexity index is 1250. The molecule has 3 aromatic carbocycles. The lowest BCUT2D eigenvalue weighted by atomic mass is 9.94. The van der Waals surface area contributed by atoms with Crippen molar-refractivity contribution in [3.63, 3.8) is 0 Å². The summed E-state index contributed by atoms with van der Waals surface area (Å²) in [6.07, 6.45) is 5.55. The van der Waals surface area contributed by atoms with E-state index in [1.807, 2.05) is 36.4 Å². The van der Waals surface area contributed by atoms with Crippen LogP contribution in [-0.4, -0.2) is 34.6 Å². The van der Waals surface area contributed by atoms with Crippen LogP contribution >= 0.6 is 35.0 Å². The standard InChI is InChI=1S/C31H33Cl2FN2O2S/c32-26-16-15-23(17-27(26)33)20-39-21-30(37)36(19-24-11-7-8-14-28(24)34)29(18-22-9-3-1-4-10-22)31(38)35-25-12-5-2-6-13-25/h1,3-4,7-11,14-17,25,29H,2,5-6,12-13,18-21H2,(H,35,38). The Morgan fingerprint density at radius 2 is 1.64 bits per heavy atom. The summed E-state index contributed by atoms with van der Waals surface area (Å²) in [4.78, 5) is 29.1. The maximum absolute atomic E-state index is 14.8. The molecule has 39 heavy (non-hydrogen) atoms. The third kappa shape index (κ3) is 8.72. The quantitative estimate of drug-likeness (QED) is 0.254. The maximum Gasteiger partial charge on any atom is 0.243 e. The largest absolute Gasteiger partial charge is 0.352 e. The van der Waals surface area contributed by atoms with Gasteiger partial charge in [-0.15, -0.1) is 11.8 Å². The lowest BCUT2D eigenvalue weighted by Gasteiger charge is -2.33. The van der Waals surface area contributed by atoms with Crippen LogP contribution in [0.25, 0.3) is 0 Å². The van der Waals surface area contributed by atoms with Crippen molar-refractivity contribution in [2.75, 3.05) is 5.75 Å². The van der Waals surface area contributed by atoms with E-state index < -0.39 is 11.9 Å². The Balaban J connectivity index is 1.57. The molecule has 0 bridgehead atoms. The fourth-order valence-corrected chi connectivity index (χ4v) is 6.06. The van der Waals surface area contributed by atoms with Gasteiger partial charge in [0.15, 0.2) is 0 Å². The van der Waals surface area contributed by atoms with Crippen LogP contribution in [0.15, 0.2) is 72.8 Å². The van der Waals surface area contributed by atoms with Crippen LogP contribution in [0.4, 0.5) is 4.39 Å². The van der Waals surface area contributed by atoms with Crippen molar-refractivity contribution in [3.8, 4) is 0 Å². The van der Waals surface area contributed by atoms with Gasteiger partial charge in [0, 0.05) is 30.3 Å². The molecule has 0 aromatic heterocycles. The number of halogens is 3. The van der Waals surface area contributed by atoms with E-state index in [-0.39, 0.29) is 30.2 Å². The first-order chi connectivity index (χ1) is 18.9. The highest BCUT2D eigenvalue weighted by molar-refractivity contribution is 7.99. The molecule has 0 spiro atoms. The molecule has 1 unspecified atom stereocenters. The molecule has 4 rings (SSSR count). The van der Waals surface area contributed by atoms with Gasteiger partial charge in [0.1, 0.15) is 11.9 Å². The third-order valence-corrected chi connectivity index (χ3v) is 8.73. The Morgan fingerprint density at radius 3 is 2.36 bits per heavy atom. The number of nitrogens with zero attached hydrogens (tertiary/aromatic N) is 1. The maximum atomic E-state index is 14.8. The highest BCUT2D eigenvalue weighted by atomic mass is 35.5. The zero-order valence-corrected chi connectivity index (χ0v) is 24.1. The zero-order valence-electron chi connectivity index (χ0n) is 21.8. The van der Waals surface area contributed by atoms with Crippen molar-refractivity contribution < 1.29 is 14.0 Å². The highest BCUT2D eigenvalue weighted by Crippen LogP contribution is 2.26. The van der Waals surface area contributed by atoms with Crippen molar-refractivity contribution >= 4 is 46.8 Å². The van der Waals surface area contributed by atoms with E-state index in [1.54, 1.807) is 35.2 Å². The third-order valence-electron chi connectivity index (χ3n) is 7.00. The topological polar surface area (TPSA) is 49.4 Å².